The fraction of sp³-hybridized carbons (Fsp3) is 0.500. The van der Waals surface area contributed by atoms with Gasteiger partial charge in [0, 0.05) is 32.1 Å². The first-order valence-corrected chi connectivity index (χ1v) is 8.39. The summed E-state index contributed by atoms with van der Waals surface area (Å²) in [7, 11) is 0. The molecule has 2 heterocycles. The summed E-state index contributed by atoms with van der Waals surface area (Å²) in [6.07, 6.45) is 2.41. The van der Waals surface area contributed by atoms with E-state index in [4.69, 9.17) is 0 Å². The average Bonchev–Trinajstić information content (AvgIpc) is 2.89. The number of rotatable bonds is 4. The van der Waals surface area contributed by atoms with Gasteiger partial charge in [-0.1, -0.05) is 12.1 Å². The Balaban J connectivity index is 0.00000132. The summed E-state index contributed by atoms with van der Waals surface area (Å²) in [5, 5.41) is 4.50. The maximum absolute atomic E-state index is 12.2. The standard InChI is InChI=1S/C16H21N3OS.2ClH/c1-12-11-19(10-9-17-12)16(20)8-4-7-15-18-13-5-2-3-6-14(13)21-15;;/h2-3,5-6,12,17H,4,7-11H2,1H3;2*1H. The monoisotopic (exact) mass is 375 g/mol. The average molecular weight is 376 g/mol. The number of halogens is 2. The van der Waals surface area contributed by atoms with Gasteiger partial charge in [0.1, 0.15) is 0 Å². The highest BCUT2D eigenvalue weighted by molar-refractivity contribution is 7.18. The zero-order valence-corrected chi connectivity index (χ0v) is 15.6. The van der Waals surface area contributed by atoms with Gasteiger partial charge in [-0.3, -0.25) is 4.79 Å². The fourth-order valence-corrected chi connectivity index (χ4v) is 3.74. The zero-order valence-electron chi connectivity index (χ0n) is 13.2. The maximum atomic E-state index is 12.2. The lowest BCUT2D eigenvalue weighted by Gasteiger charge is -2.32. The molecule has 23 heavy (non-hydrogen) atoms. The topological polar surface area (TPSA) is 45.2 Å². The number of carbonyl (C=O) groups excluding carboxylic acids is 1. The number of aromatic nitrogens is 1. The van der Waals surface area contributed by atoms with Crippen LogP contribution in [-0.2, 0) is 11.2 Å². The maximum Gasteiger partial charge on any atom is 0.222 e. The Kier molecular flexibility index (Phi) is 8.26. The van der Waals surface area contributed by atoms with Crippen LogP contribution in [0.2, 0.25) is 0 Å². The number of carbonyl (C=O) groups is 1. The fourth-order valence-electron chi connectivity index (χ4n) is 2.73. The Morgan fingerprint density at radius 3 is 2.91 bits per heavy atom. The van der Waals surface area contributed by atoms with Crippen LogP contribution in [0.3, 0.4) is 0 Å². The van der Waals surface area contributed by atoms with Gasteiger partial charge in [0.05, 0.1) is 15.2 Å². The smallest absolute Gasteiger partial charge is 0.222 e. The van der Waals surface area contributed by atoms with Crippen LogP contribution >= 0.6 is 36.2 Å². The highest BCUT2D eigenvalue weighted by Crippen LogP contribution is 2.22. The summed E-state index contributed by atoms with van der Waals surface area (Å²) in [5.41, 5.74) is 1.07. The molecule has 3 rings (SSSR count). The van der Waals surface area contributed by atoms with Crippen LogP contribution in [0.4, 0.5) is 0 Å². The van der Waals surface area contributed by atoms with E-state index < -0.39 is 0 Å². The number of benzene rings is 1. The third kappa shape index (κ3) is 5.31. The van der Waals surface area contributed by atoms with Crippen LogP contribution in [0.15, 0.2) is 24.3 Å². The molecule has 0 spiro atoms. The number of hydrogen-bond acceptors (Lipinski definition) is 4. The molecule has 7 heteroatoms. The van der Waals surface area contributed by atoms with Crippen molar-refractivity contribution in [3.8, 4) is 0 Å². The normalized spacial score (nSPS) is 17.4. The molecular formula is C16H23Cl2N3OS. The summed E-state index contributed by atoms with van der Waals surface area (Å²) in [4.78, 5) is 18.8. The van der Waals surface area contributed by atoms with Gasteiger partial charge in [0.2, 0.25) is 5.91 Å². The minimum absolute atomic E-state index is 0. The molecule has 1 fully saturated rings. The lowest BCUT2D eigenvalue weighted by atomic mass is 10.2. The van der Waals surface area contributed by atoms with Crippen molar-refractivity contribution in [2.24, 2.45) is 0 Å². The van der Waals surface area contributed by atoms with E-state index in [9.17, 15) is 4.79 Å². The van der Waals surface area contributed by atoms with Gasteiger partial charge in [-0.2, -0.15) is 0 Å². The zero-order chi connectivity index (χ0) is 14.7. The minimum atomic E-state index is 0. The molecular weight excluding hydrogens is 353 g/mol. The molecule has 0 saturated carbocycles. The van der Waals surface area contributed by atoms with E-state index in [-0.39, 0.29) is 30.7 Å². The number of amides is 1. The molecule has 0 radical (unpaired) electrons. The van der Waals surface area contributed by atoms with Gasteiger partial charge in [-0.05, 0) is 31.9 Å². The number of hydrogen-bond donors (Lipinski definition) is 1. The molecule has 1 atom stereocenters. The van der Waals surface area contributed by atoms with E-state index in [1.54, 1.807) is 11.3 Å². The number of nitrogens with one attached hydrogen (secondary N) is 1. The Bertz CT molecular complexity index is 602. The summed E-state index contributed by atoms with van der Waals surface area (Å²) in [6, 6.07) is 8.61. The Morgan fingerprint density at radius 2 is 2.17 bits per heavy atom. The second kappa shape index (κ2) is 9.42. The molecule has 0 bridgehead atoms. The summed E-state index contributed by atoms with van der Waals surface area (Å²) >= 11 is 1.74. The van der Waals surface area contributed by atoms with E-state index in [0.29, 0.717) is 12.5 Å². The third-order valence-electron chi connectivity index (χ3n) is 3.84. The number of nitrogens with zero attached hydrogens (tertiary/aromatic N) is 2. The molecule has 1 aromatic carbocycles. The van der Waals surface area contributed by atoms with Crippen molar-refractivity contribution in [3.05, 3.63) is 29.3 Å². The lowest BCUT2D eigenvalue weighted by molar-refractivity contribution is -0.132. The van der Waals surface area contributed by atoms with Gasteiger partial charge in [-0.25, -0.2) is 4.98 Å². The van der Waals surface area contributed by atoms with Crippen LogP contribution in [0.1, 0.15) is 24.8 Å². The number of aryl methyl sites for hydroxylation is 1. The Hall–Kier alpha value is -0.880. The van der Waals surface area contributed by atoms with Crippen molar-refractivity contribution in [2.75, 3.05) is 19.6 Å². The van der Waals surface area contributed by atoms with Crippen LogP contribution in [0.5, 0.6) is 0 Å². The lowest BCUT2D eigenvalue weighted by Crippen LogP contribution is -2.51. The number of thiazole rings is 1. The van der Waals surface area contributed by atoms with Crippen molar-refractivity contribution in [1.82, 2.24) is 15.2 Å². The Labute approximate surface area is 153 Å². The largest absolute Gasteiger partial charge is 0.340 e. The molecule has 1 saturated heterocycles. The van der Waals surface area contributed by atoms with Crippen LogP contribution < -0.4 is 5.32 Å². The molecule has 1 aromatic heterocycles. The van der Waals surface area contributed by atoms with Gasteiger partial charge in [-0.15, -0.1) is 36.2 Å². The van der Waals surface area contributed by atoms with E-state index in [0.717, 1.165) is 43.0 Å². The number of fused-ring (bicyclic) bond motifs is 1. The quantitative estimate of drug-likeness (QED) is 0.891. The van der Waals surface area contributed by atoms with E-state index in [1.807, 2.05) is 23.1 Å². The van der Waals surface area contributed by atoms with Gasteiger partial charge >= 0.3 is 0 Å². The number of para-hydroxylation sites is 1. The van der Waals surface area contributed by atoms with Crippen LogP contribution in [-0.4, -0.2) is 41.5 Å². The van der Waals surface area contributed by atoms with E-state index in [1.165, 1.54) is 4.70 Å². The second-order valence-electron chi connectivity index (χ2n) is 5.62. The highest BCUT2D eigenvalue weighted by Gasteiger charge is 2.19. The first-order chi connectivity index (χ1) is 10.2. The van der Waals surface area contributed by atoms with Crippen LogP contribution in [0, 0.1) is 0 Å². The Morgan fingerprint density at radius 1 is 1.39 bits per heavy atom. The molecule has 128 valence electrons. The molecule has 4 nitrogen and oxygen atoms in total. The van der Waals surface area contributed by atoms with E-state index in [2.05, 4.69) is 23.3 Å². The minimum Gasteiger partial charge on any atom is -0.340 e. The molecule has 1 N–H and O–H groups in total. The first kappa shape index (κ1) is 20.2. The van der Waals surface area contributed by atoms with Crippen molar-refractivity contribution in [3.63, 3.8) is 0 Å². The van der Waals surface area contributed by atoms with Crippen LogP contribution in [0.25, 0.3) is 10.2 Å². The molecule has 1 amide bonds. The first-order valence-electron chi connectivity index (χ1n) is 7.58. The van der Waals surface area contributed by atoms with Gasteiger partial charge in [0.15, 0.2) is 0 Å². The second-order valence-corrected chi connectivity index (χ2v) is 6.74. The molecule has 1 aliphatic rings. The molecule has 1 unspecified atom stereocenters. The number of piperazine rings is 1. The predicted molar refractivity (Wildman–Crippen MR) is 101 cm³/mol. The van der Waals surface area contributed by atoms with Crippen molar-refractivity contribution >= 4 is 52.3 Å². The molecule has 1 aliphatic heterocycles. The summed E-state index contributed by atoms with van der Waals surface area (Å²) in [6.45, 7) is 4.70. The molecule has 0 aliphatic carbocycles. The van der Waals surface area contributed by atoms with Crippen molar-refractivity contribution in [2.45, 2.75) is 32.2 Å². The SMILES string of the molecule is CC1CN(C(=O)CCCc2nc3ccccc3s2)CCN1.Cl.Cl. The summed E-state index contributed by atoms with van der Waals surface area (Å²) in [5.74, 6) is 0.282. The van der Waals surface area contributed by atoms with Crippen molar-refractivity contribution in [1.29, 1.82) is 0 Å². The molecule has 2 aromatic rings. The van der Waals surface area contributed by atoms with E-state index >= 15 is 0 Å². The third-order valence-corrected chi connectivity index (χ3v) is 4.94. The van der Waals surface area contributed by atoms with Crippen molar-refractivity contribution < 1.29 is 4.79 Å². The summed E-state index contributed by atoms with van der Waals surface area (Å²) < 4.78 is 1.23. The predicted octanol–water partition coefficient (Wildman–Crippen LogP) is 3.28. The van der Waals surface area contributed by atoms with Gasteiger partial charge in [0.25, 0.3) is 0 Å². The highest BCUT2D eigenvalue weighted by atomic mass is 35.5. The van der Waals surface area contributed by atoms with Gasteiger partial charge < -0.3 is 10.2 Å².